The molecule has 1 fully saturated rings. The molecular formula is C10H11Cl2N5O2. The number of nitrogens with two attached hydrogens (primary N) is 1. The van der Waals surface area contributed by atoms with Crippen LogP contribution in [0.25, 0.3) is 11.2 Å². The first-order chi connectivity index (χ1) is 8.99. The van der Waals surface area contributed by atoms with Crippen LogP contribution in [0.15, 0.2) is 6.33 Å². The van der Waals surface area contributed by atoms with E-state index in [1.807, 2.05) is 0 Å². The van der Waals surface area contributed by atoms with Crippen LogP contribution in [0.2, 0.25) is 10.4 Å². The van der Waals surface area contributed by atoms with Crippen molar-refractivity contribution >= 4 is 34.4 Å². The van der Waals surface area contributed by atoms with Crippen LogP contribution < -0.4 is 5.73 Å². The first-order valence-electron chi connectivity index (χ1n) is 5.66. The van der Waals surface area contributed by atoms with E-state index in [0.29, 0.717) is 17.6 Å². The standard InChI is InChI=1S/C10H11Cl2N5O2/c11-8-5-9(16-10(12)15-8)17(2-14-5)4-1-3(13)6(18)7(4)19/h2-4,6-7,18-19H,1,13H2/t3-,4-,6-,7-/m1/s1. The Balaban J connectivity index is 2.11. The number of aliphatic hydroxyl groups is 2. The fraction of sp³-hybridized carbons (Fsp3) is 0.500. The highest BCUT2D eigenvalue weighted by Crippen LogP contribution is 2.33. The van der Waals surface area contributed by atoms with Crippen LogP contribution in [-0.2, 0) is 0 Å². The number of nitrogens with zero attached hydrogens (tertiary/aromatic N) is 4. The minimum Gasteiger partial charge on any atom is -0.389 e. The zero-order chi connectivity index (χ0) is 13.7. The van der Waals surface area contributed by atoms with Gasteiger partial charge < -0.3 is 20.5 Å². The minimum absolute atomic E-state index is 0.00316. The van der Waals surface area contributed by atoms with Gasteiger partial charge in [0.15, 0.2) is 10.8 Å². The molecule has 4 N–H and O–H groups in total. The maximum Gasteiger partial charge on any atom is 0.225 e. The van der Waals surface area contributed by atoms with Gasteiger partial charge in [0.25, 0.3) is 0 Å². The van der Waals surface area contributed by atoms with E-state index in [2.05, 4.69) is 15.0 Å². The molecule has 7 nitrogen and oxygen atoms in total. The number of fused-ring (bicyclic) bond motifs is 1. The summed E-state index contributed by atoms with van der Waals surface area (Å²) in [6.07, 6.45) is -0.0668. The molecular weight excluding hydrogens is 293 g/mol. The van der Waals surface area contributed by atoms with Crippen molar-refractivity contribution in [2.75, 3.05) is 0 Å². The molecule has 0 aliphatic heterocycles. The lowest BCUT2D eigenvalue weighted by atomic mass is 10.2. The fourth-order valence-corrected chi connectivity index (χ4v) is 2.84. The Kier molecular flexibility index (Phi) is 3.11. The molecule has 9 heteroatoms. The molecule has 2 heterocycles. The molecule has 0 bridgehead atoms. The van der Waals surface area contributed by atoms with Gasteiger partial charge in [-0.15, -0.1) is 0 Å². The molecule has 0 spiro atoms. The summed E-state index contributed by atoms with van der Waals surface area (Å²) in [5.41, 5.74) is 6.55. The van der Waals surface area contributed by atoms with Crippen molar-refractivity contribution < 1.29 is 10.2 Å². The molecule has 4 atom stereocenters. The summed E-state index contributed by atoms with van der Waals surface area (Å²) in [5, 5.41) is 19.9. The van der Waals surface area contributed by atoms with Gasteiger partial charge in [0.1, 0.15) is 11.6 Å². The number of halogens is 2. The molecule has 0 unspecified atom stereocenters. The summed E-state index contributed by atoms with van der Waals surface area (Å²) >= 11 is 11.7. The van der Waals surface area contributed by atoms with E-state index in [1.165, 1.54) is 6.33 Å². The highest BCUT2D eigenvalue weighted by Gasteiger charge is 2.41. The number of imidazole rings is 1. The average Bonchev–Trinajstić information content (AvgIpc) is 2.86. The molecule has 1 saturated carbocycles. The quantitative estimate of drug-likeness (QED) is 0.510. The summed E-state index contributed by atoms with van der Waals surface area (Å²) in [4.78, 5) is 12.0. The predicted octanol–water partition coefficient (Wildman–Crippen LogP) is 0.127. The zero-order valence-corrected chi connectivity index (χ0v) is 11.1. The van der Waals surface area contributed by atoms with E-state index < -0.39 is 24.3 Å². The maximum absolute atomic E-state index is 10.0. The second-order valence-corrected chi connectivity index (χ2v) is 5.25. The fourth-order valence-electron chi connectivity index (χ4n) is 2.42. The first kappa shape index (κ1) is 13.0. The Morgan fingerprint density at radius 3 is 2.63 bits per heavy atom. The van der Waals surface area contributed by atoms with Gasteiger partial charge in [0, 0.05) is 6.04 Å². The SMILES string of the molecule is N[C@@H]1C[C@@H](n2cnc3c(Cl)nc(Cl)nc32)[C@@H](O)[C@@H]1O. The number of hydrogen-bond donors (Lipinski definition) is 3. The molecule has 1 aliphatic carbocycles. The van der Waals surface area contributed by atoms with Gasteiger partial charge in [-0.25, -0.2) is 9.97 Å². The van der Waals surface area contributed by atoms with Crippen LogP contribution in [0.1, 0.15) is 12.5 Å². The Bertz CT molecular complexity index is 634. The van der Waals surface area contributed by atoms with Gasteiger partial charge in [-0.2, -0.15) is 4.98 Å². The third kappa shape index (κ3) is 1.98. The van der Waals surface area contributed by atoms with Crippen molar-refractivity contribution in [3.05, 3.63) is 16.8 Å². The van der Waals surface area contributed by atoms with Gasteiger partial charge in [-0.05, 0) is 18.0 Å². The lowest BCUT2D eigenvalue weighted by Crippen LogP contribution is -2.35. The lowest BCUT2D eigenvalue weighted by molar-refractivity contribution is 0.0187. The van der Waals surface area contributed by atoms with E-state index in [1.54, 1.807) is 4.57 Å². The molecule has 19 heavy (non-hydrogen) atoms. The van der Waals surface area contributed by atoms with Crippen LogP contribution in [0.3, 0.4) is 0 Å². The molecule has 2 aromatic rings. The van der Waals surface area contributed by atoms with Crippen molar-refractivity contribution in [2.45, 2.75) is 30.7 Å². The van der Waals surface area contributed by atoms with Crippen molar-refractivity contribution in [3.63, 3.8) is 0 Å². The van der Waals surface area contributed by atoms with Crippen molar-refractivity contribution in [1.29, 1.82) is 0 Å². The first-order valence-corrected chi connectivity index (χ1v) is 6.42. The number of rotatable bonds is 1. The highest BCUT2D eigenvalue weighted by atomic mass is 35.5. The third-order valence-corrected chi connectivity index (χ3v) is 3.84. The molecule has 0 saturated heterocycles. The summed E-state index contributed by atoms with van der Waals surface area (Å²) in [7, 11) is 0. The molecule has 0 aromatic carbocycles. The van der Waals surface area contributed by atoms with Gasteiger partial charge in [0.2, 0.25) is 5.28 Å². The number of aromatic nitrogens is 4. The molecule has 2 aromatic heterocycles. The van der Waals surface area contributed by atoms with Gasteiger partial charge in [-0.1, -0.05) is 11.6 Å². The minimum atomic E-state index is -0.986. The van der Waals surface area contributed by atoms with E-state index in [9.17, 15) is 10.2 Å². The second kappa shape index (κ2) is 4.53. The normalized spacial score (nSPS) is 31.2. The Morgan fingerprint density at radius 2 is 2.00 bits per heavy atom. The topological polar surface area (TPSA) is 110 Å². The largest absolute Gasteiger partial charge is 0.389 e. The molecule has 0 amide bonds. The Labute approximate surface area is 118 Å². The molecule has 102 valence electrons. The van der Waals surface area contributed by atoms with E-state index in [0.717, 1.165) is 0 Å². The van der Waals surface area contributed by atoms with Gasteiger partial charge >= 0.3 is 0 Å². The summed E-state index contributed by atoms with van der Waals surface area (Å²) in [6, 6.07) is -0.915. The van der Waals surface area contributed by atoms with Crippen LogP contribution >= 0.6 is 23.2 Å². The lowest BCUT2D eigenvalue weighted by Gasteiger charge is -2.17. The number of aliphatic hydroxyl groups excluding tert-OH is 2. The average molecular weight is 304 g/mol. The zero-order valence-electron chi connectivity index (χ0n) is 9.61. The molecule has 0 radical (unpaired) electrons. The number of hydrogen-bond acceptors (Lipinski definition) is 6. The van der Waals surface area contributed by atoms with E-state index in [4.69, 9.17) is 28.9 Å². The monoisotopic (exact) mass is 303 g/mol. The third-order valence-electron chi connectivity index (χ3n) is 3.41. The summed E-state index contributed by atoms with van der Waals surface area (Å²) in [5.74, 6) is 0. The van der Waals surface area contributed by atoms with Crippen LogP contribution in [0.4, 0.5) is 0 Å². The highest BCUT2D eigenvalue weighted by molar-refractivity contribution is 6.35. The predicted molar refractivity (Wildman–Crippen MR) is 69.0 cm³/mol. The van der Waals surface area contributed by atoms with Crippen molar-refractivity contribution in [2.24, 2.45) is 5.73 Å². The van der Waals surface area contributed by atoms with Crippen LogP contribution in [-0.4, -0.2) is 48.0 Å². The molecule has 1 aliphatic rings. The van der Waals surface area contributed by atoms with Gasteiger partial charge in [0.05, 0.1) is 18.5 Å². The molecule has 3 rings (SSSR count). The van der Waals surface area contributed by atoms with E-state index >= 15 is 0 Å². The summed E-state index contributed by atoms with van der Waals surface area (Å²) < 4.78 is 1.62. The van der Waals surface area contributed by atoms with E-state index in [-0.39, 0.29) is 10.4 Å². The van der Waals surface area contributed by atoms with Crippen molar-refractivity contribution in [1.82, 2.24) is 19.5 Å². The Hall–Kier alpha value is -0.990. The maximum atomic E-state index is 10.0. The van der Waals surface area contributed by atoms with Crippen LogP contribution in [0, 0.1) is 0 Å². The Morgan fingerprint density at radius 1 is 1.26 bits per heavy atom. The summed E-state index contributed by atoms with van der Waals surface area (Å²) in [6.45, 7) is 0. The second-order valence-electron chi connectivity index (χ2n) is 4.56. The smallest absolute Gasteiger partial charge is 0.225 e. The van der Waals surface area contributed by atoms with Gasteiger partial charge in [-0.3, -0.25) is 0 Å². The van der Waals surface area contributed by atoms with Crippen molar-refractivity contribution in [3.8, 4) is 0 Å². The van der Waals surface area contributed by atoms with Crippen LogP contribution in [0.5, 0.6) is 0 Å².